The summed E-state index contributed by atoms with van der Waals surface area (Å²) < 4.78 is 32.0. The van der Waals surface area contributed by atoms with Crippen molar-refractivity contribution in [2.24, 2.45) is 11.1 Å². The van der Waals surface area contributed by atoms with Gasteiger partial charge < -0.3 is 10.5 Å². The van der Waals surface area contributed by atoms with E-state index in [0.717, 1.165) is 24.8 Å². The van der Waals surface area contributed by atoms with Crippen molar-refractivity contribution in [3.8, 4) is 0 Å². The van der Waals surface area contributed by atoms with Crippen LogP contribution in [0.25, 0.3) is 0 Å². The molecule has 132 valence electrons. The lowest BCUT2D eigenvalue weighted by Gasteiger charge is -2.22. The lowest BCUT2D eigenvalue weighted by Crippen LogP contribution is -2.34. The predicted molar refractivity (Wildman–Crippen MR) is 89.9 cm³/mol. The Labute approximate surface area is 143 Å². The van der Waals surface area contributed by atoms with Crippen LogP contribution in [0.15, 0.2) is 29.2 Å². The first kappa shape index (κ1) is 17.4. The van der Waals surface area contributed by atoms with E-state index in [0.29, 0.717) is 19.6 Å². The number of hydrogen-bond donors (Lipinski definition) is 1. The Balaban J connectivity index is 1.82. The van der Waals surface area contributed by atoms with Crippen LogP contribution in [0, 0.1) is 5.41 Å². The molecule has 1 saturated carbocycles. The van der Waals surface area contributed by atoms with Gasteiger partial charge in [0.2, 0.25) is 10.0 Å². The van der Waals surface area contributed by atoms with Gasteiger partial charge in [0.25, 0.3) is 0 Å². The van der Waals surface area contributed by atoms with Crippen molar-refractivity contribution in [2.45, 2.75) is 36.5 Å². The Morgan fingerprint density at radius 3 is 2.33 bits per heavy atom. The van der Waals surface area contributed by atoms with Gasteiger partial charge in [-0.3, -0.25) is 4.79 Å². The second-order valence-electron chi connectivity index (χ2n) is 7.20. The SMILES string of the molecule is COC(=O)C1(c2ccc(S(=O)(=O)N3CCC(C)(CN)C3)cc2)CC1. The molecule has 24 heavy (non-hydrogen) atoms. The molecule has 1 aliphatic carbocycles. The number of carbonyl (C=O) groups excluding carboxylic acids is 1. The number of ether oxygens (including phenoxy) is 1. The number of sulfonamides is 1. The molecule has 0 aromatic heterocycles. The lowest BCUT2D eigenvalue weighted by molar-refractivity contribution is -0.143. The number of methoxy groups -OCH3 is 1. The van der Waals surface area contributed by atoms with E-state index >= 15 is 0 Å². The molecule has 0 amide bonds. The van der Waals surface area contributed by atoms with E-state index in [1.54, 1.807) is 24.3 Å². The molecule has 2 aliphatic rings. The second-order valence-corrected chi connectivity index (χ2v) is 9.14. The molecule has 0 bridgehead atoms. The zero-order chi connectivity index (χ0) is 17.6. The molecule has 6 nitrogen and oxygen atoms in total. The first-order chi connectivity index (χ1) is 11.3. The van der Waals surface area contributed by atoms with Gasteiger partial charge in [-0.15, -0.1) is 0 Å². The number of rotatable bonds is 5. The molecule has 3 rings (SSSR count). The largest absolute Gasteiger partial charge is 0.468 e. The van der Waals surface area contributed by atoms with E-state index < -0.39 is 15.4 Å². The van der Waals surface area contributed by atoms with Gasteiger partial charge in [-0.05, 0) is 48.9 Å². The lowest BCUT2D eigenvalue weighted by atomic mass is 9.90. The minimum absolute atomic E-state index is 0.157. The highest BCUT2D eigenvalue weighted by atomic mass is 32.2. The van der Waals surface area contributed by atoms with E-state index in [1.165, 1.54) is 11.4 Å². The van der Waals surface area contributed by atoms with E-state index in [9.17, 15) is 13.2 Å². The maximum absolute atomic E-state index is 12.8. The van der Waals surface area contributed by atoms with Gasteiger partial charge in [-0.25, -0.2) is 8.42 Å². The topological polar surface area (TPSA) is 89.7 Å². The molecule has 2 N–H and O–H groups in total. The van der Waals surface area contributed by atoms with E-state index in [-0.39, 0.29) is 16.3 Å². The van der Waals surface area contributed by atoms with Crippen LogP contribution in [-0.4, -0.2) is 45.4 Å². The molecule has 1 saturated heterocycles. The highest BCUT2D eigenvalue weighted by Gasteiger charge is 2.52. The number of benzene rings is 1. The third kappa shape index (κ3) is 2.74. The zero-order valence-electron chi connectivity index (χ0n) is 14.1. The molecule has 7 heteroatoms. The van der Waals surface area contributed by atoms with Crippen LogP contribution in [0.1, 0.15) is 31.7 Å². The third-order valence-electron chi connectivity index (χ3n) is 5.39. The molecule has 1 aromatic rings. The number of hydrogen-bond acceptors (Lipinski definition) is 5. The fraction of sp³-hybridized carbons (Fsp3) is 0.588. The van der Waals surface area contributed by atoms with Gasteiger partial charge in [0.15, 0.2) is 0 Å². The molecule has 1 unspecified atom stereocenters. The Morgan fingerprint density at radius 2 is 1.88 bits per heavy atom. The van der Waals surface area contributed by atoms with Gasteiger partial charge >= 0.3 is 5.97 Å². The fourth-order valence-corrected chi connectivity index (χ4v) is 4.97. The molecule has 0 radical (unpaired) electrons. The van der Waals surface area contributed by atoms with E-state index in [4.69, 9.17) is 10.5 Å². The summed E-state index contributed by atoms with van der Waals surface area (Å²) in [6.45, 7) is 3.42. The Morgan fingerprint density at radius 1 is 1.25 bits per heavy atom. The van der Waals surface area contributed by atoms with Crippen molar-refractivity contribution < 1.29 is 17.9 Å². The molecular formula is C17H24N2O4S. The van der Waals surface area contributed by atoms with Crippen LogP contribution in [0.4, 0.5) is 0 Å². The van der Waals surface area contributed by atoms with Crippen molar-refractivity contribution in [3.63, 3.8) is 0 Å². The number of nitrogens with zero attached hydrogens (tertiary/aromatic N) is 1. The summed E-state index contributed by atoms with van der Waals surface area (Å²) in [5, 5.41) is 0. The van der Waals surface area contributed by atoms with Crippen LogP contribution in [-0.2, 0) is 25.0 Å². The minimum Gasteiger partial charge on any atom is -0.468 e. The fourth-order valence-electron chi connectivity index (χ4n) is 3.38. The zero-order valence-corrected chi connectivity index (χ0v) is 14.9. The highest BCUT2D eigenvalue weighted by Crippen LogP contribution is 2.49. The second kappa shape index (κ2) is 5.82. The summed E-state index contributed by atoms with van der Waals surface area (Å²) in [7, 11) is -2.15. The first-order valence-corrected chi connectivity index (χ1v) is 9.61. The van der Waals surface area contributed by atoms with Crippen LogP contribution < -0.4 is 5.73 Å². The summed E-state index contributed by atoms with van der Waals surface area (Å²) in [6, 6.07) is 6.64. The average Bonchev–Trinajstić information content (AvgIpc) is 3.31. The molecule has 0 spiro atoms. The van der Waals surface area contributed by atoms with Crippen LogP contribution in [0.3, 0.4) is 0 Å². The molecular weight excluding hydrogens is 328 g/mol. The minimum atomic E-state index is -3.53. The summed E-state index contributed by atoms with van der Waals surface area (Å²) in [4.78, 5) is 12.2. The summed E-state index contributed by atoms with van der Waals surface area (Å²) >= 11 is 0. The standard InChI is InChI=1S/C17H24N2O4S/c1-16(11-18)9-10-19(12-16)24(21,22)14-5-3-13(4-6-14)17(7-8-17)15(20)23-2/h3-6H,7-12,18H2,1-2H3. The summed E-state index contributed by atoms with van der Waals surface area (Å²) in [5.41, 5.74) is 5.85. The van der Waals surface area contributed by atoms with Crippen molar-refractivity contribution in [1.29, 1.82) is 0 Å². The highest BCUT2D eigenvalue weighted by molar-refractivity contribution is 7.89. The van der Waals surface area contributed by atoms with Gasteiger partial charge in [0, 0.05) is 13.1 Å². The van der Waals surface area contributed by atoms with E-state index in [1.807, 2.05) is 6.92 Å². The van der Waals surface area contributed by atoms with Crippen molar-refractivity contribution in [2.75, 3.05) is 26.7 Å². The normalized spacial score (nSPS) is 26.3. The third-order valence-corrected chi connectivity index (χ3v) is 7.25. The quantitative estimate of drug-likeness (QED) is 0.806. The van der Waals surface area contributed by atoms with Crippen LogP contribution in [0.5, 0.6) is 0 Å². The monoisotopic (exact) mass is 352 g/mol. The van der Waals surface area contributed by atoms with Crippen LogP contribution in [0.2, 0.25) is 0 Å². The molecule has 1 heterocycles. The van der Waals surface area contributed by atoms with Gasteiger partial charge in [0.1, 0.15) is 0 Å². The van der Waals surface area contributed by atoms with E-state index in [2.05, 4.69) is 0 Å². The Kier molecular flexibility index (Phi) is 4.22. The predicted octanol–water partition coefficient (Wildman–Crippen LogP) is 1.25. The first-order valence-electron chi connectivity index (χ1n) is 8.17. The number of esters is 1. The molecule has 1 aromatic carbocycles. The molecule has 1 atom stereocenters. The summed E-state index contributed by atoms with van der Waals surface area (Å²) in [5.74, 6) is -0.253. The van der Waals surface area contributed by atoms with Crippen molar-refractivity contribution in [3.05, 3.63) is 29.8 Å². The van der Waals surface area contributed by atoms with Crippen molar-refractivity contribution >= 4 is 16.0 Å². The van der Waals surface area contributed by atoms with Gasteiger partial charge in [-0.2, -0.15) is 4.31 Å². The molecule has 2 fully saturated rings. The summed E-state index contributed by atoms with van der Waals surface area (Å²) in [6.07, 6.45) is 2.26. The van der Waals surface area contributed by atoms with Crippen LogP contribution >= 0.6 is 0 Å². The van der Waals surface area contributed by atoms with Gasteiger partial charge in [0.05, 0.1) is 17.4 Å². The molecule has 1 aliphatic heterocycles. The Hall–Kier alpha value is -1.44. The number of nitrogens with two attached hydrogens (primary N) is 1. The smallest absolute Gasteiger partial charge is 0.316 e. The van der Waals surface area contributed by atoms with Crippen molar-refractivity contribution in [1.82, 2.24) is 4.31 Å². The van der Waals surface area contributed by atoms with Gasteiger partial charge in [-0.1, -0.05) is 19.1 Å². The number of carbonyl (C=O) groups is 1. The maximum atomic E-state index is 12.8. The maximum Gasteiger partial charge on any atom is 0.316 e. The average molecular weight is 352 g/mol. The Bertz CT molecular complexity index is 740.